The molecule has 5 nitrogen and oxygen atoms in total. The molecule has 2 aromatic carbocycles. The number of rotatable bonds is 7. The monoisotopic (exact) mass is 361 g/mol. The van der Waals surface area contributed by atoms with E-state index in [0.29, 0.717) is 22.9 Å². The van der Waals surface area contributed by atoms with Crippen LogP contribution < -0.4 is 10.1 Å². The summed E-state index contributed by atoms with van der Waals surface area (Å²) in [7, 11) is 0. The molecule has 0 aliphatic rings. The van der Waals surface area contributed by atoms with Crippen molar-refractivity contribution < 1.29 is 19.1 Å². The summed E-state index contributed by atoms with van der Waals surface area (Å²) in [6.45, 7) is 3.99. The van der Waals surface area contributed by atoms with Gasteiger partial charge in [0.05, 0.1) is 13.0 Å². The van der Waals surface area contributed by atoms with Crippen molar-refractivity contribution in [3.05, 3.63) is 59.1 Å². The molecule has 0 bridgehead atoms. The van der Waals surface area contributed by atoms with E-state index in [1.807, 2.05) is 6.92 Å². The van der Waals surface area contributed by atoms with Crippen molar-refractivity contribution in [3.63, 3.8) is 0 Å². The highest BCUT2D eigenvalue weighted by atomic mass is 35.5. The summed E-state index contributed by atoms with van der Waals surface area (Å²) >= 11 is 6.01. The van der Waals surface area contributed by atoms with Crippen molar-refractivity contribution in [2.45, 2.75) is 26.4 Å². The summed E-state index contributed by atoms with van der Waals surface area (Å²) in [5.41, 5.74) is 1.26. The number of ether oxygens (including phenoxy) is 2. The molecule has 0 spiro atoms. The maximum absolute atomic E-state index is 12.1. The van der Waals surface area contributed by atoms with Gasteiger partial charge in [-0.05, 0) is 49.7 Å². The molecule has 132 valence electrons. The Morgan fingerprint density at radius 2 is 1.80 bits per heavy atom. The predicted molar refractivity (Wildman–Crippen MR) is 97.0 cm³/mol. The van der Waals surface area contributed by atoms with Gasteiger partial charge in [0.1, 0.15) is 5.75 Å². The summed E-state index contributed by atoms with van der Waals surface area (Å²) in [6, 6.07) is 14.0. The summed E-state index contributed by atoms with van der Waals surface area (Å²) in [4.78, 5) is 24.1. The molecule has 1 N–H and O–H groups in total. The minimum atomic E-state index is -0.915. The third-order valence-electron chi connectivity index (χ3n) is 3.40. The zero-order chi connectivity index (χ0) is 18.2. The second-order valence-electron chi connectivity index (χ2n) is 5.35. The zero-order valence-corrected chi connectivity index (χ0v) is 14.9. The Labute approximate surface area is 151 Å². The number of carbonyl (C=O) groups excluding carboxylic acids is 2. The fraction of sp³-hybridized carbons (Fsp3) is 0.263. The summed E-state index contributed by atoms with van der Waals surface area (Å²) < 4.78 is 10.5. The Morgan fingerprint density at radius 1 is 1.12 bits per heavy atom. The maximum Gasteiger partial charge on any atom is 0.311 e. The molecule has 6 heteroatoms. The number of anilines is 1. The van der Waals surface area contributed by atoms with Gasteiger partial charge in [-0.25, -0.2) is 0 Å². The summed E-state index contributed by atoms with van der Waals surface area (Å²) in [6.07, 6.45) is -0.901. The Bertz CT molecular complexity index is 730. The first-order valence-corrected chi connectivity index (χ1v) is 8.34. The second-order valence-corrected chi connectivity index (χ2v) is 5.75. The van der Waals surface area contributed by atoms with Gasteiger partial charge >= 0.3 is 5.97 Å². The highest BCUT2D eigenvalue weighted by Gasteiger charge is 2.18. The Hall–Kier alpha value is -2.53. The van der Waals surface area contributed by atoms with Crippen molar-refractivity contribution in [1.82, 2.24) is 0 Å². The van der Waals surface area contributed by atoms with Crippen LogP contribution in [0.3, 0.4) is 0 Å². The number of hydrogen-bond acceptors (Lipinski definition) is 4. The van der Waals surface area contributed by atoms with Crippen LogP contribution >= 0.6 is 11.6 Å². The fourth-order valence-corrected chi connectivity index (χ4v) is 2.34. The van der Waals surface area contributed by atoms with Gasteiger partial charge in [0, 0.05) is 10.7 Å². The van der Waals surface area contributed by atoms with Crippen molar-refractivity contribution in [1.29, 1.82) is 0 Å². The van der Waals surface area contributed by atoms with E-state index in [1.54, 1.807) is 48.5 Å². The minimum Gasteiger partial charge on any atom is -0.494 e. The van der Waals surface area contributed by atoms with Crippen LogP contribution in [0.2, 0.25) is 5.02 Å². The highest BCUT2D eigenvalue weighted by Crippen LogP contribution is 2.17. The van der Waals surface area contributed by atoms with Crippen LogP contribution in [-0.2, 0) is 20.7 Å². The Morgan fingerprint density at radius 3 is 2.44 bits per heavy atom. The van der Waals surface area contributed by atoms with E-state index in [2.05, 4.69) is 5.32 Å². The second kappa shape index (κ2) is 9.08. The lowest BCUT2D eigenvalue weighted by molar-refractivity contribution is -0.152. The van der Waals surface area contributed by atoms with Gasteiger partial charge in [-0.3, -0.25) is 9.59 Å². The molecular weight excluding hydrogens is 342 g/mol. The van der Waals surface area contributed by atoms with Gasteiger partial charge in [-0.1, -0.05) is 29.8 Å². The van der Waals surface area contributed by atoms with Crippen LogP contribution in [0.15, 0.2) is 48.5 Å². The average molecular weight is 362 g/mol. The van der Waals surface area contributed by atoms with E-state index in [4.69, 9.17) is 21.1 Å². The van der Waals surface area contributed by atoms with Crippen LogP contribution in [0.4, 0.5) is 5.69 Å². The van der Waals surface area contributed by atoms with Gasteiger partial charge in [-0.15, -0.1) is 0 Å². The standard InChI is InChI=1S/C19H20ClNO4/c1-3-24-16-10-8-15(9-11-16)21-19(23)13(2)25-18(22)12-14-6-4-5-7-17(14)20/h4-11,13H,3,12H2,1-2H3,(H,21,23)/t13-/m1/s1. The molecule has 0 fully saturated rings. The summed E-state index contributed by atoms with van der Waals surface area (Å²) in [5, 5.41) is 3.19. The number of halogens is 1. The number of hydrogen-bond donors (Lipinski definition) is 1. The van der Waals surface area contributed by atoms with E-state index >= 15 is 0 Å². The van der Waals surface area contributed by atoms with Crippen molar-refractivity contribution in [2.75, 3.05) is 11.9 Å². The Balaban J connectivity index is 1.87. The molecule has 0 saturated carbocycles. The molecule has 0 aliphatic carbocycles. The van der Waals surface area contributed by atoms with Gasteiger partial charge in [-0.2, -0.15) is 0 Å². The minimum absolute atomic E-state index is 0.0142. The topological polar surface area (TPSA) is 64.6 Å². The molecule has 0 heterocycles. The van der Waals surface area contributed by atoms with E-state index < -0.39 is 18.0 Å². The molecule has 0 aliphatic heterocycles. The molecule has 2 rings (SSSR count). The lowest BCUT2D eigenvalue weighted by atomic mass is 10.1. The largest absolute Gasteiger partial charge is 0.494 e. The molecule has 25 heavy (non-hydrogen) atoms. The molecule has 0 aromatic heterocycles. The molecular formula is C19H20ClNO4. The van der Waals surface area contributed by atoms with E-state index in [1.165, 1.54) is 6.92 Å². The molecule has 1 atom stereocenters. The van der Waals surface area contributed by atoms with Gasteiger partial charge in [0.25, 0.3) is 5.91 Å². The number of amides is 1. The predicted octanol–water partition coefficient (Wildman–Crippen LogP) is 3.85. The number of benzene rings is 2. The van der Waals surface area contributed by atoms with Crippen molar-refractivity contribution in [3.8, 4) is 5.75 Å². The first kappa shape index (κ1) is 18.8. The molecule has 1 amide bonds. The van der Waals surface area contributed by atoms with Crippen LogP contribution in [0, 0.1) is 0 Å². The van der Waals surface area contributed by atoms with Crippen LogP contribution in [0.1, 0.15) is 19.4 Å². The van der Waals surface area contributed by atoms with Crippen LogP contribution in [-0.4, -0.2) is 24.6 Å². The third-order valence-corrected chi connectivity index (χ3v) is 3.77. The number of esters is 1. The molecule has 2 aromatic rings. The zero-order valence-electron chi connectivity index (χ0n) is 14.1. The lowest BCUT2D eigenvalue weighted by Gasteiger charge is -2.14. The van der Waals surface area contributed by atoms with E-state index in [-0.39, 0.29) is 6.42 Å². The quantitative estimate of drug-likeness (QED) is 0.761. The van der Waals surface area contributed by atoms with Gasteiger partial charge in [0.2, 0.25) is 0 Å². The van der Waals surface area contributed by atoms with Crippen molar-refractivity contribution in [2.24, 2.45) is 0 Å². The van der Waals surface area contributed by atoms with E-state index in [0.717, 1.165) is 5.75 Å². The number of carbonyl (C=O) groups is 2. The lowest BCUT2D eigenvalue weighted by Crippen LogP contribution is -2.30. The van der Waals surface area contributed by atoms with Gasteiger partial charge < -0.3 is 14.8 Å². The smallest absolute Gasteiger partial charge is 0.311 e. The fourth-order valence-electron chi connectivity index (χ4n) is 2.13. The molecule has 0 saturated heterocycles. The molecule has 0 radical (unpaired) electrons. The third kappa shape index (κ3) is 5.80. The normalized spacial score (nSPS) is 11.5. The van der Waals surface area contributed by atoms with E-state index in [9.17, 15) is 9.59 Å². The van der Waals surface area contributed by atoms with Crippen LogP contribution in [0.5, 0.6) is 5.75 Å². The van der Waals surface area contributed by atoms with Crippen molar-refractivity contribution >= 4 is 29.2 Å². The number of nitrogens with one attached hydrogen (secondary N) is 1. The molecule has 0 unspecified atom stereocenters. The van der Waals surface area contributed by atoms with Gasteiger partial charge in [0.15, 0.2) is 6.10 Å². The average Bonchev–Trinajstić information content (AvgIpc) is 2.59. The summed E-state index contributed by atoms with van der Waals surface area (Å²) in [5.74, 6) is -0.196. The van der Waals surface area contributed by atoms with Crippen LogP contribution in [0.25, 0.3) is 0 Å². The maximum atomic E-state index is 12.1. The first-order chi connectivity index (χ1) is 12.0. The SMILES string of the molecule is CCOc1ccc(NC(=O)[C@@H](C)OC(=O)Cc2ccccc2Cl)cc1. The highest BCUT2D eigenvalue weighted by molar-refractivity contribution is 6.31. The Kier molecular flexibility index (Phi) is 6.83. The first-order valence-electron chi connectivity index (χ1n) is 7.96.